The van der Waals surface area contributed by atoms with Crippen LogP contribution in [0.3, 0.4) is 0 Å². The van der Waals surface area contributed by atoms with Crippen LogP contribution in [-0.4, -0.2) is 54.9 Å². The first-order valence-corrected chi connectivity index (χ1v) is 9.90. The Hall–Kier alpha value is -2.08. The molecule has 6 nitrogen and oxygen atoms in total. The standard InChI is InChI=1S/C21H30N2O4/c1-27-21(26)23-14-17-8-7-16(11-18(17)12-19(23)20(24)25)13-22-10-9-15-5-3-2-4-6-15/h2-6,16-19,22H,7-14H2,1H3,(H,24,25)/t16?,17-,18?,19?/m0/s1. The van der Waals surface area contributed by atoms with Gasteiger partial charge in [0.05, 0.1) is 7.11 Å². The van der Waals surface area contributed by atoms with Crippen molar-refractivity contribution in [2.24, 2.45) is 17.8 Å². The minimum Gasteiger partial charge on any atom is -0.480 e. The monoisotopic (exact) mass is 374 g/mol. The highest BCUT2D eigenvalue weighted by molar-refractivity contribution is 5.80. The third-order valence-electron chi connectivity index (χ3n) is 6.14. The van der Waals surface area contributed by atoms with E-state index in [0.29, 0.717) is 30.7 Å². The lowest BCUT2D eigenvalue weighted by molar-refractivity contribution is -0.146. The van der Waals surface area contributed by atoms with Crippen LogP contribution in [0, 0.1) is 17.8 Å². The van der Waals surface area contributed by atoms with E-state index in [4.69, 9.17) is 4.74 Å². The number of methoxy groups -OCH3 is 1. The molecule has 2 N–H and O–H groups in total. The highest BCUT2D eigenvalue weighted by Crippen LogP contribution is 2.41. The molecule has 2 fully saturated rings. The summed E-state index contributed by atoms with van der Waals surface area (Å²) in [6.45, 7) is 2.44. The number of fused-ring (bicyclic) bond motifs is 1. The van der Waals surface area contributed by atoms with Gasteiger partial charge in [-0.1, -0.05) is 30.3 Å². The first-order chi connectivity index (χ1) is 13.1. The molecule has 0 spiro atoms. The molecule has 1 aromatic rings. The molecule has 1 aliphatic carbocycles. The van der Waals surface area contributed by atoms with E-state index in [9.17, 15) is 14.7 Å². The van der Waals surface area contributed by atoms with E-state index in [2.05, 4.69) is 29.6 Å². The molecule has 2 aliphatic rings. The number of nitrogens with zero attached hydrogens (tertiary/aromatic N) is 1. The minimum absolute atomic E-state index is 0.377. The number of amides is 1. The van der Waals surface area contributed by atoms with Crippen LogP contribution < -0.4 is 5.32 Å². The molecule has 1 aromatic carbocycles. The van der Waals surface area contributed by atoms with Crippen LogP contribution in [0.4, 0.5) is 4.79 Å². The molecule has 3 unspecified atom stereocenters. The average Bonchev–Trinajstić information content (AvgIpc) is 2.70. The molecule has 3 rings (SSSR count). The van der Waals surface area contributed by atoms with Gasteiger partial charge in [-0.25, -0.2) is 9.59 Å². The molecular weight excluding hydrogens is 344 g/mol. The van der Waals surface area contributed by atoms with Crippen LogP contribution in [0.15, 0.2) is 30.3 Å². The zero-order valence-corrected chi connectivity index (χ0v) is 16.0. The third kappa shape index (κ3) is 5.01. The Morgan fingerprint density at radius 2 is 1.96 bits per heavy atom. The third-order valence-corrected chi connectivity index (χ3v) is 6.14. The van der Waals surface area contributed by atoms with Crippen molar-refractivity contribution in [3.63, 3.8) is 0 Å². The Balaban J connectivity index is 1.47. The van der Waals surface area contributed by atoms with Crippen LogP contribution in [0.1, 0.15) is 31.2 Å². The smallest absolute Gasteiger partial charge is 0.410 e. The predicted molar refractivity (Wildman–Crippen MR) is 102 cm³/mol. The topological polar surface area (TPSA) is 78.9 Å². The Morgan fingerprint density at radius 3 is 2.67 bits per heavy atom. The van der Waals surface area contributed by atoms with Gasteiger partial charge >= 0.3 is 12.1 Å². The van der Waals surface area contributed by atoms with E-state index in [0.717, 1.165) is 38.8 Å². The molecule has 1 amide bonds. The number of carboxylic acid groups (broad SMARTS) is 1. The van der Waals surface area contributed by atoms with Crippen molar-refractivity contribution >= 4 is 12.1 Å². The number of likely N-dealkylation sites (tertiary alicyclic amines) is 1. The van der Waals surface area contributed by atoms with Crippen molar-refractivity contribution < 1.29 is 19.4 Å². The minimum atomic E-state index is -0.929. The van der Waals surface area contributed by atoms with E-state index in [1.165, 1.54) is 17.6 Å². The number of carbonyl (C=O) groups is 2. The zero-order valence-electron chi connectivity index (χ0n) is 16.0. The fourth-order valence-electron chi connectivity index (χ4n) is 4.67. The van der Waals surface area contributed by atoms with Crippen LogP contribution in [0.5, 0.6) is 0 Å². The van der Waals surface area contributed by atoms with E-state index in [1.807, 2.05) is 6.07 Å². The zero-order chi connectivity index (χ0) is 19.2. The number of benzene rings is 1. The highest BCUT2D eigenvalue weighted by Gasteiger charge is 2.43. The predicted octanol–water partition coefficient (Wildman–Crippen LogP) is 2.78. The van der Waals surface area contributed by atoms with Crippen LogP contribution in [-0.2, 0) is 16.0 Å². The van der Waals surface area contributed by atoms with Gasteiger partial charge in [0.1, 0.15) is 6.04 Å². The van der Waals surface area contributed by atoms with E-state index in [1.54, 1.807) is 0 Å². The Labute approximate surface area is 160 Å². The Morgan fingerprint density at radius 1 is 1.19 bits per heavy atom. The van der Waals surface area contributed by atoms with Crippen molar-refractivity contribution in [2.75, 3.05) is 26.7 Å². The summed E-state index contributed by atoms with van der Waals surface area (Å²) in [5.41, 5.74) is 1.34. The normalized spacial score (nSPS) is 27.7. The maximum absolute atomic E-state index is 11.9. The summed E-state index contributed by atoms with van der Waals surface area (Å²) in [5.74, 6) is 0.421. The van der Waals surface area contributed by atoms with E-state index >= 15 is 0 Å². The van der Waals surface area contributed by atoms with Gasteiger partial charge in [0, 0.05) is 6.54 Å². The summed E-state index contributed by atoms with van der Waals surface area (Å²) in [5, 5.41) is 13.1. The molecule has 4 atom stereocenters. The van der Waals surface area contributed by atoms with Gasteiger partial charge in [-0.05, 0) is 68.5 Å². The van der Waals surface area contributed by atoms with Gasteiger partial charge in [-0.15, -0.1) is 0 Å². The van der Waals surface area contributed by atoms with Crippen molar-refractivity contribution in [3.05, 3.63) is 35.9 Å². The maximum Gasteiger partial charge on any atom is 0.410 e. The molecule has 0 aromatic heterocycles. The fourth-order valence-corrected chi connectivity index (χ4v) is 4.67. The van der Waals surface area contributed by atoms with Gasteiger partial charge in [0.25, 0.3) is 0 Å². The quantitative estimate of drug-likeness (QED) is 0.749. The van der Waals surface area contributed by atoms with Gasteiger partial charge in [0.15, 0.2) is 0 Å². The molecule has 1 saturated heterocycles. The van der Waals surface area contributed by atoms with Crippen LogP contribution in [0.25, 0.3) is 0 Å². The molecular formula is C21H30N2O4. The maximum atomic E-state index is 11.9. The summed E-state index contributed by atoms with van der Waals surface area (Å²) in [4.78, 5) is 25.0. The van der Waals surface area contributed by atoms with Crippen LogP contribution in [0.2, 0.25) is 0 Å². The average molecular weight is 374 g/mol. The molecule has 1 aliphatic heterocycles. The van der Waals surface area contributed by atoms with Gasteiger partial charge in [-0.2, -0.15) is 0 Å². The largest absolute Gasteiger partial charge is 0.480 e. The fraction of sp³-hybridized carbons (Fsp3) is 0.619. The number of hydrogen-bond donors (Lipinski definition) is 2. The SMILES string of the molecule is COC(=O)N1C[C@@H]2CCC(CNCCc3ccccc3)CC2CC1C(=O)O. The van der Waals surface area contributed by atoms with Gasteiger partial charge in [0.2, 0.25) is 0 Å². The number of aliphatic carboxylic acids is 1. The van der Waals surface area contributed by atoms with Crippen molar-refractivity contribution in [2.45, 2.75) is 38.1 Å². The molecule has 6 heteroatoms. The summed E-state index contributed by atoms with van der Waals surface area (Å²) in [6.07, 6.45) is 4.26. The first kappa shape index (κ1) is 19.7. The van der Waals surface area contributed by atoms with Crippen molar-refractivity contribution in [1.29, 1.82) is 0 Å². The second kappa shape index (κ2) is 9.22. The molecule has 0 bridgehead atoms. The summed E-state index contributed by atoms with van der Waals surface area (Å²) < 4.78 is 4.79. The van der Waals surface area contributed by atoms with Crippen molar-refractivity contribution in [3.8, 4) is 0 Å². The number of nitrogens with one attached hydrogen (secondary N) is 1. The second-order valence-corrected chi connectivity index (χ2v) is 7.85. The van der Waals surface area contributed by atoms with E-state index < -0.39 is 18.1 Å². The molecule has 0 radical (unpaired) electrons. The lowest BCUT2D eigenvalue weighted by Gasteiger charge is -2.45. The Kier molecular flexibility index (Phi) is 6.72. The summed E-state index contributed by atoms with van der Waals surface area (Å²) >= 11 is 0. The molecule has 148 valence electrons. The summed E-state index contributed by atoms with van der Waals surface area (Å²) in [7, 11) is 1.31. The highest BCUT2D eigenvalue weighted by atomic mass is 16.5. The first-order valence-electron chi connectivity index (χ1n) is 9.90. The number of piperidine rings is 1. The summed E-state index contributed by atoms with van der Waals surface area (Å²) in [6, 6.07) is 9.70. The van der Waals surface area contributed by atoms with Crippen molar-refractivity contribution in [1.82, 2.24) is 10.2 Å². The number of hydrogen-bond acceptors (Lipinski definition) is 4. The van der Waals surface area contributed by atoms with Gasteiger partial charge in [-0.3, -0.25) is 4.90 Å². The second-order valence-electron chi connectivity index (χ2n) is 7.85. The number of carboxylic acids is 1. The molecule has 1 saturated carbocycles. The number of rotatable bonds is 6. The Bertz CT molecular complexity index is 636. The van der Waals surface area contributed by atoms with E-state index in [-0.39, 0.29) is 0 Å². The molecule has 1 heterocycles. The lowest BCUT2D eigenvalue weighted by atomic mass is 9.69. The number of carbonyl (C=O) groups excluding carboxylic acids is 1. The van der Waals surface area contributed by atoms with Gasteiger partial charge < -0.3 is 15.2 Å². The number of ether oxygens (including phenoxy) is 1. The van der Waals surface area contributed by atoms with Crippen LogP contribution >= 0.6 is 0 Å². The molecule has 27 heavy (non-hydrogen) atoms. The lowest BCUT2D eigenvalue weighted by Crippen LogP contribution is -2.54.